The highest BCUT2D eigenvalue weighted by molar-refractivity contribution is 6.03. The van der Waals surface area contributed by atoms with Gasteiger partial charge in [-0.25, -0.2) is 4.99 Å². The lowest BCUT2D eigenvalue weighted by Crippen LogP contribution is -2.23. The summed E-state index contributed by atoms with van der Waals surface area (Å²) < 4.78 is 5.73. The molecule has 3 N–H and O–H groups in total. The molecule has 0 fully saturated rings. The minimum Gasteiger partial charge on any atom is -0.492 e. The van der Waals surface area contributed by atoms with Crippen molar-refractivity contribution in [2.45, 2.75) is 26.8 Å². The smallest absolute Gasteiger partial charge is 0.251 e. The van der Waals surface area contributed by atoms with Crippen molar-refractivity contribution < 1.29 is 9.53 Å². The van der Waals surface area contributed by atoms with E-state index in [0.717, 1.165) is 40.3 Å². The maximum Gasteiger partial charge on any atom is 0.251 e. The number of fused-ring (bicyclic) bond motifs is 1. The maximum atomic E-state index is 12.8. The van der Waals surface area contributed by atoms with E-state index < -0.39 is 0 Å². The van der Waals surface area contributed by atoms with Crippen LogP contribution in [0.1, 0.15) is 40.4 Å². The van der Waals surface area contributed by atoms with Crippen LogP contribution in [0.5, 0.6) is 5.75 Å². The molecule has 2 aliphatic rings. The molecule has 0 aromatic heterocycles. The molecule has 6 heteroatoms. The first-order valence-electron chi connectivity index (χ1n) is 12.3. The lowest BCUT2D eigenvalue weighted by Gasteiger charge is -2.14. The fourth-order valence-electron chi connectivity index (χ4n) is 4.37. The van der Waals surface area contributed by atoms with Gasteiger partial charge >= 0.3 is 0 Å². The van der Waals surface area contributed by atoms with Crippen molar-refractivity contribution in [2.24, 2.45) is 22.6 Å². The number of aliphatic imine (C=N–C) groups is 1. The lowest BCUT2D eigenvalue weighted by molar-refractivity contribution is 0.0951. The monoisotopic (exact) mass is 482 g/mol. The van der Waals surface area contributed by atoms with Crippen LogP contribution >= 0.6 is 0 Å². The highest BCUT2D eigenvalue weighted by Crippen LogP contribution is 2.37. The number of carbonyl (C=O) groups is 1. The molecule has 4 rings (SSSR count). The Kier molecular flexibility index (Phi) is 7.92. The number of carbonyl (C=O) groups excluding carboxylic acids is 1. The predicted octanol–water partition coefficient (Wildman–Crippen LogP) is 4.05. The number of hydrogen-bond acceptors (Lipinski definition) is 5. The molecule has 1 aliphatic carbocycles. The van der Waals surface area contributed by atoms with Gasteiger partial charge < -0.3 is 20.7 Å². The van der Waals surface area contributed by atoms with Crippen LogP contribution in [0.2, 0.25) is 0 Å². The highest BCUT2D eigenvalue weighted by atomic mass is 16.5. The molecular formula is C30H34N4O2. The number of ether oxygens (including phenoxy) is 1. The number of hydrogen-bond donors (Lipinski definition) is 2. The highest BCUT2D eigenvalue weighted by Gasteiger charge is 2.33. The van der Waals surface area contributed by atoms with Crippen LogP contribution in [0.25, 0.3) is 0 Å². The first kappa shape index (κ1) is 25.3. The number of aryl methyl sites for hydroxylation is 1. The second-order valence-corrected chi connectivity index (χ2v) is 9.63. The van der Waals surface area contributed by atoms with Gasteiger partial charge in [-0.05, 0) is 74.0 Å². The zero-order valence-corrected chi connectivity index (χ0v) is 21.5. The summed E-state index contributed by atoms with van der Waals surface area (Å²) >= 11 is 0. The van der Waals surface area contributed by atoms with Gasteiger partial charge in [-0.2, -0.15) is 0 Å². The van der Waals surface area contributed by atoms with Crippen LogP contribution in [0.3, 0.4) is 0 Å². The number of benzene rings is 2. The molecule has 1 amide bonds. The summed E-state index contributed by atoms with van der Waals surface area (Å²) in [7, 11) is 4.03. The molecule has 0 bridgehead atoms. The van der Waals surface area contributed by atoms with Gasteiger partial charge in [0.05, 0.1) is 5.71 Å². The van der Waals surface area contributed by atoms with Gasteiger partial charge in [0.2, 0.25) is 0 Å². The van der Waals surface area contributed by atoms with Crippen molar-refractivity contribution in [1.82, 2.24) is 10.2 Å². The van der Waals surface area contributed by atoms with Gasteiger partial charge in [0.1, 0.15) is 18.2 Å². The lowest BCUT2D eigenvalue weighted by atomic mass is 9.88. The quantitative estimate of drug-likeness (QED) is 0.557. The van der Waals surface area contributed by atoms with E-state index in [1.807, 2.05) is 63.5 Å². The van der Waals surface area contributed by atoms with Crippen molar-refractivity contribution in [3.8, 4) is 17.6 Å². The minimum absolute atomic E-state index is 0.129. The normalized spacial score (nSPS) is 18.1. The number of nitrogens with two attached hydrogens (primary N) is 1. The molecule has 1 unspecified atom stereocenters. The third-order valence-electron chi connectivity index (χ3n) is 6.55. The second-order valence-electron chi connectivity index (χ2n) is 9.63. The summed E-state index contributed by atoms with van der Waals surface area (Å²) in [6.45, 7) is 6.12. The number of rotatable bonds is 8. The average molecular weight is 483 g/mol. The van der Waals surface area contributed by atoms with Gasteiger partial charge in [-0.1, -0.05) is 43.0 Å². The number of allylic oxidation sites excluding steroid dienone is 3. The fourth-order valence-corrected chi connectivity index (χ4v) is 4.37. The molecule has 1 heterocycles. The van der Waals surface area contributed by atoms with Crippen LogP contribution in [0.15, 0.2) is 71.0 Å². The summed E-state index contributed by atoms with van der Waals surface area (Å²) in [4.78, 5) is 19.4. The minimum atomic E-state index is -0.129. The molecular weight excluding hydrogens is 448 g/mol. The molecule has 2 atom stereocenters. The van der Waals surface area contributed by atoms with Crippen LogP contribution in [0.4, 0.5) is 0 Å². The molecule has 6 nitrogen and oxygen atoms in total. The second kappa shape index (κ2) is 11.3. The Morgan fingerprint density at radius 1 is 1.19 bits per heavy atom. The van der Waals surface area contributed by atoms with E-state index >= 15 is 0 Å². The summed E-state index contributed by atoms with van der Waals surface area (Å²) in [5.74, 6) is 8.44. The van der Waals surface area contributed by atoms with E-state index in [4.69, 9.17) is 10.5 Å². The van der Waals surface area contributed by atoms with Gasteiger partial charge in [0.15, 0.2) is 0 Å². The van der Waals surface area contributed by atoms with E-state index in [1.165, 1.54) is 0 Å². The average Bonchev–Trinajstić information content (AvgIpc) is 3.37. The zero-order chi connectivity index (χ0) is 25.7. The molecule has 186 valence electrons. The number of nitrogens with zero attached hydrogens (tertiary/aromatic N) is 2. The maximum absolute atomic E-state index is 12.8. The summed E-state index contributed by atoms with van der Waals surface area (Å²) in [6.07, 6.45) is 4.80. The molecule has 1 aliphatic heterocycles. The Hall–Kier alpha value is -3.82. The molecule has 0 saturated heterocycles. The van der Waals surface area contributed by atoms with E-state index in [2.05, 4.69) is 46.1 Å². The van der Waals surface area contributed by atoms with Gasteiger partial charge in [-0.3, -0.25) is 4.79 Å². The number of likely N-dealkylation sites (N-methyl/N-ethyl adjacent to an activating group) is 1. The van der Waals surface area contributed by atoms with E-state index in [0.29, 0.717) is 36.9 Å². The molecule has 0 spiro atoms. The van der Waals surface area contributed by atoms with Crippen LogP contribution in [-0.4, -0.2) is 43.8 Å². The van der Waals surface area contributed by atoms with Gasteiger partial charge in [0.25, 0.3) is 5.91 Å². The van der Waals surface area contributed by atoms with Crippen LogP contribution < -0.4 is 15.8 Å². The summed E-state index contributed by atoms with van der Waals surface area (Å²) in [6, 6.07) is 13.4. The van der Waals surface area contributed by atoms with Crippen LogP contribution in [-0.2, 0) is 6.54 Å². The standard InChI is InChI=1S/C30H34N4O2/c1-20-8-12-24(30(35)32-19-22-10-13-25(14-11-22)36-17-16-34(3)4)18-23(20)6-5-7-26-28-21(2)9-15-27(28)33-29(26)31/h8-15,18,21,28H,7,16-17,19,31H2,1-4H3,(H,32,35)/t21-,28?/m0/s1. The van der Waals surface area contributed by atoms with Crippen molar-refractivity contribution in [1.29, 1.82) is 0 Å². The van der Waals surface area contributed by atoms with Crippen molar-refractivity contribution in [3.63, 3.8) is 0 Å². The third-order valence-corrected chi connectivity index (χ3v) is 6.55. The fraction of sp³-hybridized carbons (Fsp3) is 0.333. The first-order valence-corrected chi connectivity index (χ1v) is 12.3. The summed E-state index contributed by atoms with van der Waals surface area (Å²) in [5, 5.41) is 3.00. The Labute approximate surface area is 213 Å². The van der Waals surface area contributed by atoms with Crippen molar-refractivity contribution in [2.75, 3.05) is 27.2 Å². The SMILES string of the molecule is Cc1ccc(C(=O)NCc2ccc(OCCN(C)C)cc2)cc1C#CCC1=C(N)N=C2C=C[C@H](C)C21. The van der Waals surface area contributed by atoms with Crippen molar-refractivity contribution in [3.05, 3.63) is 88.3 Å². The summed E-state index contributed by atoms with van der Waals surface area (Å²) in [5.41, 5.74) is 11.8. The van der Waals surface area contributed by atoms with E-state index in [9.17, 15) is 4.79 Å². The number of amides is 1. The van der Waals surface area contributed by atoms with Gasteiger partial charge in [-0.15, -0.1) is 0 Å². The van der Waals surface area contributed by atoms with Gasteiger partial charge in [0, 0.05) is 36.6 Å². The molecule has 2 aromatic carbocycles. The Balaban J connectivity index is 1.34. The van der Waals surface area contributed by atoms with Crippen LogP contribution in [0, 0.1) is 30.6 Å². The largest absolute Gasteiger partial charge is 0.492 e. The predicted molar refractivity (Wildman–Crippen MR) is 145 cm³/mol. The first-order chi connectivity index (χ1) is 17.3. The zero-order valence-electron chi connectivity index (χ0n) is 21.5. The molecule has 0 saturated carbocycles. The Morgan fingerprint density at radius 3 is 2.72 bits per heavy atom. The molecule has 0 radical (unpaired) electrons. The topological polar surface area (TPSA) is 80.0 Å². The van der Waals surface area contributed by atoms with Crippen molar-refractivity contribution >= 4 is 11.6 Å². The molecule has 36 heavy (non-hydrogen) atoms. The van der Waals surface area contributed by atoms with E-state index in [-0.39, 0.29) is 11.8 Å². The Bertz CT molecular complexity index is 1280. The number of nitrogens with one attached hydrogen (secondary N) is 1. The molecule has 2 aromatic rings. The Morgan fingerprint density at radius 2 is 1.97 bits per heavy atom. The third kappa shape index (κ3) is 6.05. The van der Waals surface area contributed by atoms with E-state index in [1.54, 1.807) is 0 Å².